The number of nitrogens with zero attached hydrogens (tertiary/aromatic N) is 3. The van der Waals surface area contributed by atoms with Gasteiger partial charge in [-0.25, -0.2) is 20.2 Å². The molecule has 2 N–H and O–H groups in total. The van der Waals surface area contributed by atoms with E-state index < -0.39 is 12.0 Å². The van der Waals surface area contributed by atoms with Crippen molar-refractivity contribution >= 4 is 40.6 Å². The number of carbonyl (C=O) groups is 3. The molecule has 0 saturated carbocycles. The maximum Gasteiger partial charge on any atom is 0.426 e. The highest BCUT2D eigenvalue weighted by molar-refractivity contribution is 7.13. The molecule has 0 radical (unpaired) electrons. The lowest BCUT2D eigenvalue weighted by atomic mass is 9.97. The van der Waals surface area contributed by atoms with E-state index in [1.54, 1.807) is 12.3 Å². The second kappa shape index (κ2) is 9.31. The average Bonchev–Trinajstić information content (AvgIpc) is 3.32. The van der Waals surface area contributed by atoms with Gasteiger partial charge in [-0.05, 0) is 33.6 Å². The molecule has 3 amide bonds. The predicted molar refractivity (Wildman–Crippen MR) is 109 cm³/mol. The van der Waals surface area contributed by atoms with Crippen LogP contribution in [-0.4, -0.2) is 52.5 Å². The first kappa shape index (κ1) is 21.2. The zero-order chi connectivity index (χ0) is 21.0. The zero-order valence-electron chi connectivity index (χ0n) is 16.5. The summed E-state index contributed by atoms with van der Waals surface area (Å²) in [5, 5.41) is 3.42. The van der Waals surface area contributed by atoms with Crippen LogP contribution in [0.25, 0.3) is 0 Å². The Labute approximate surface area is 176 Å². The largest absolute Gasteiger partial charge is 0.449 e. The van der Waals surface area contributed by atoms with Crippen molar-refractivity contribution in [2.75, 3.05) is 19.7 Å². The number of rotatable bonds is 4. The van der Waals surface area contributed by atoms with E-state index in [9.17, 15) is 14.4 Å². The smallest absolute Gasteiger partial charge is 0.426 e. The molecule has 2 aromatic heterocycles. The summed E-state index contributed by atoms with van der Waals surface area (Å²) in [7, 11) is 0. The summed E-state index contributed by atoms with van der Waals surface area (Å²) in [6, 6.07) is 0. The Bertz CT molecular complexity index is 902. The number of thiazole rings is 2. The minimum atomic E-state index is -0.722. The summed E-state index contributed by atoms with van der Waals surface area (Å²) in [4.78, 5) is 47.4. The Morgan fingerprint density at radius 2 is 1.93 bits per heavy atom. The van der Waals surface area contributed by atoms with Gasteiger partial charge in [0.15, 0.2) is 0 Å². The molecule has 3 heterocycles. The Kier molecular flexibility index (Phi) is 6.80. The molecule has 11 heteroatoms. The van der Waals surface area contributed by atoms with Crippen molar-refractivity contribution in [1.82, 2.24) is 25.7 Å². The third-order valence-electron chi connectivity index (χ3n) is 4.54. The van der Waals surface area contributed by atoms with Crippen LogP contribution < -0.4 is 10.9 Å². The van der Waals surface area contributed by atoms with Gasteiger partial charge in [0, 0.05) is 24.4 Å². The van der Waals surface area contributed by atoms with Crippen LogP contribution in [-0.2, 0) is 4.74 Å². The number of piperidine rings is 1. The van der Waals surface area contributed by atoms with Gasteiger partial charge in [0.2, 0.25) is 0 Å². The highest BCUT2D eigenvalue weighted by Gasteiger charge is 2.28. The fraction of sp³-hybridized carbons (Fsp3) is 0.500. The normalized spacial score (nSPS) is 14.5. The molecular weight excluding hydrogens is 414 g/mol. The highest BCUT2D eigenvalue weighted by Crippen LogP contribution is 2.31. The number of aromatic nitrogens is 2. The van der Waals surface area contributed by atoms with Crippen molar-refractivity contribution < 1.29 is 19.1 Å². The molecular formula is C18H23N5O4S2. The van der Waals surface area contributed by atoms with Gasteiger partial charge in [0.25, 0.3) is 11.8 Å². The van der Waals surface area contributed by atoms with Crippen LogP contribution in [0, 0.1) is 13.8 Å². The monoisotopic (exact) mass is 437 g/mol. The first-order valence-corrected chi connectivity index (χ1v) is 11.0. The Balaban J connectivity index is 1.53. The van der Waals surface area contributed by atoms with Crippen LogP contribution in [0.3, 0.4) is 0 Å². The summed E-state index contributed by atoms with van der Waals surface area (Å²) < 4.78 is 4.68. The SMILES string of the molecule is CCOC(=O)NNC(=O)c1csc(C2CCN(C(=O)c3sc(C)nc3C)CC2)n1. The van der Waals surface area contributed by atoms with Crippen molar-refractivity contribution in [3.8, 4) is 0 Å². The molecule has 156 valence electrons. The fourth-order valence-electron chi connectivity index (χ4n) is 3.12. The van der Waals surface area contributed by atoms with Gasteiger partial charge in [-0.15, -0.1) is 22.7 Å². The summed E-state index contributed by atoms with van der Waals surface area (Å²) >= 11 is 2.85. The number of carbonyl (C=O) groups excluding carboxylic acids is 3. The summed E-state index contributed by atoms with van der Waals surface area (Å²) in [5.74, 6) is -0.257. The molecule has 1 aliphatic rings. The number of ether oxygens (including phenoxy) is 1. The van der Waals surface area contributed by atoms with Gasteiger partial charge in [-0.1, -0.05) is 0 Å². The second-order valence-electron chi connectivity index (χ2n) is 6.58. The van der Waals surface area contributed by atoms with Crippen LogP contribution in [0.15, 0.2) is 5.38 Å². The Morgan fingerprint density at radius 1 is 1.21 bits per heavy atom. The predicted octanol–water partition coefficient (Wildman–Crippen LogP) is 2.63. The van der Waals surface area contributed by atoms with Crippen LogP contribution in [0.5, 0.6) is 0 Å². The van der Waals surface area contributed by atoms with Gasteiger partial charge in [0.05, 0.1) is 22.3 Å². The van der Waals surface area contributed by atoms with Crippen LogP contribution in [0.4, 0.5) is 4.79 Å². The Morgan fingerprint density at radius 3 is 2.55 bits per heavy atom. The number of hydrogen-bond acceptors (Lipinski definition) is 8. The molecule has 0 bridgehead atoms. The Hall–Kier alpha value is -2.53. The highest BCUT2D eigenvalue weighted by atomic mass is 32.1. The molecule has 1 fully saturated rings. The number of aryl methyl sites for hydroxylation is 2. The van der Waals surface area contributed by atoms with Gasteiger partial charge in [0.1, 0.15) is 10.6 Å². The molecule has 0 aliphatic carbocycles. The number of likely N-dealkylation sites (tertiary alicyclic amines) is 1. The number of hydrazine groups is 1. The van der Waals surface area contributed by atoms with Crippen LogP contribution in [0.1, 0.15) is 61.6 Å². The van der Waals surface area contributed by atoms with E-state index in [1.807, 2.05) is 18.7 Å². The maximum absolute atomic E-state index is 12.7. The van der Waals surface area contributed by atoms with E-state index >= 15 is 0 Å². The van der Waals surface area contributed by atoms with Crippen molar-refractivity contribution in [3.63, 3.8) is 0 Å². The molecule has 0 spiro atoms. The molecule has 0 atom stereocenters. The van der Waals surface area contributed by atoms with Crippen molar-refractivity contribution in [2.24, 2.45) is 0 Å². The van der Waals surface area contributed by atoms with Crippen molar-refractivity contribution in [3.05, 3.63) is 31.7 Å². The summed E-state index contributed by atoms with van der Waals surface area (Å²) in [6.45, 7) is 6.94. The van der Waals surface area contributed by atoms with Crippen molar-refractivity contribution in [2.45, 2.75) is 39.5 Å². The number of hydrogen-bond donors (Lipinski definition) is 2. The molecule has 0 unspecified atom stereocenters. The standard InChI is InChI=1S/C18H23N5O4S2/c1-4-27-18(26)22-21-15(24)13-9-28-16(20-13)12-5-7-23(8-6-12)17(25)14-10(2)19-11(3)29-14/h9,12H,4-8H2,1-3H3,(H,21,24)(H,22,26). The molecule has 0 aromatic carbocycles. The third kappa shape index (κ3) is 5.10. The van der Waals surface area contributed by atoms with Gasteiger partial charge >= 0.3 is 6.09 Å². The minimum absolute atomic E-state index is 0.0378. The van der Waals surface area contributed by atoms with E-state index in [0.717, 1.165) is 28.6 Å². The summed E-state index contributed by atoms with van der Waals surface area (Å²) in [5.41, 5.74) is 5.47. The topological polar surface area (TPSA) is 114 Å². The first-order valence-electron chi connectivity index (χ1n) is 9.30. The van der Waals surface area contributed by atoms with Crippen LogP contribution in [0.2, 0.25) is 0 Å². The van der Waals surface area contributed by atoms with E-state index in [4.69, 9.17) is 0 Å². The minimum Gasteiger partial charge on any atom is -0.449 e. The maximum atomic E-state index is 12.7. The second-order valence-corrected chi connectivity index (χ2v) is 8.68. The lowest BCUT2D eigenvalue weighted by Crippen LogP contribution is -2.42. The van der Waals surface area contributed by atoms with Gasteiger partial charge in [-0.3, -0.25) is 15.0 Å². The lowest BCUT2D eigenvalue weighted by Gasteiger charge is -2.30. The molecule has 29 heavy (non-hydrogen) atoms. The number of amides is 3. The van der Waals surface area contributed by atoms with E-state index in [2.05, 4.69) is 25.6 Å². The third-order valence-corrected chi connectivity index (χ3v) is 6.61. The van der Waals surface area contributed by atoms with E-state index in [-0.39, 0.29) is 24.1 Å². The lowest BCUT2D eigenvalue weighted by molar-refractivity contribution is 0.0717. The number of nitrogens with one attached hydrogen (secondary N) is 2. The first-order chi connectivity index (χ1) is 13.9. The molecule has 3 rings (SSSR count). The average molecular weight is 438 g/mol. The fourth-order valence-corrected chi connectivity index (χ4v) is 4.98. The molecule has 1 saturated heterocycles. The quantitative estimate of drug-likeness (QED) is 0.711. The van der Waals surface area contributed by atoms with Crippen LogP contribution >= 0.6 is 22.7 Å². The van der Waals surface area contributed by atoms with E-state index in [0.29, 0.717) is 18.0 Å². The molecule has 1 aliphatic heterocycles. The summed E-state index contributed by atoms with van der Waals surface area (Å²) in [6.07, 6.45) is 0.857. The molecule has 9 nitrogen and oxygen atoms in total. The van der Waals surface area contributed by atoms with Gasteiger partial charge < -0.3 is 9.64 Å². The van der Waals surface area contributed by atoms with Gasteiger partial charge in [-0.2, -0.15) is 0 Å². The van der Waals surface area contributed by atoms with E-state index in [1.165, 1.54) is 22.7 Å². The molecule has 2 aromatic rings. The van der Waals surface area contributed by atoms with Crippen molar-refractivity contribution in [1.29, 1.82) is 0 Å². The zero-order valence-corrected chi connectivity index (χ0v) is 18.1.